The average Bonchev–Trinajstić information content (AvgIpc) is 2.36. The van der Waals surface area contributed by atoms with Crippen molar-refractivity contribution in [2.24, 2.45) is 0 Å². The summed E-state index contributed by atoms with van der Waals surface area (Å²) >= 11 is 0. The molecule has 0 aliphatic rings. The smallest absolute Gasteiger partial charge is 0.138 e. The molecule has 0 aliphatic heterocycles. The molecule has 0 aromatic rings. The number of carboxylic acids is 2. The van der Waals surface area contributed by atoms with E-state index in [0.717, 1.165) is 0 Å². The molecule has 0 aliphatic carbocycles. The summed E-state index contributed by atoms with van der Waals surface area (Å²) in [5.41, 5.74) is 0. The average molecular weight is 474 g/mol. The van der Waals surface area contributed by atoms with E-state index in [-0.39, 0.29) is 67.2 Å². The summed E-state index contributed by atoms with van der Waals surface area (Å²) in [4.78, 5) is 40.4. The first-order valence-corrected chi connectivity index (χ1v) is 8.59. The Kier molecular flexibility index (Phi) is 46.9. The Morgan fingerprint density at radius 1 is 0.679 bits per heavy atom. The number of carbonyl (C=O) groups excluding carboxylic acids is 4. The predicted molar refractivity (Wildman–Crippen MR) is 93.8 cm³/mol. The zero-order valence-electron chi connectivity index (χ0n) is 17.7. The third kappa shape index (κ3) is 83.7. The molecular weight excluding hydrogens is 440 g/mol. The van der Waals surface area contributed by atoms with Crippen LogP contribution in [0.2, 0.25) is 0 Å². The van der Waals surface area contributed by atoms with Crippen molar-refractivity contribution in [1.82, 2.24) is 0 Å². The second-order valence-corrected chi connectivity index (χ2v) is 5.86. The molecule has 0 radical (unpaired) electrons. The minimum atomic E-state index is -1.28. The molecule has 10 heteroatoms. The van der Waals surface area contributed by atoms with Gasteiger partial charge in [-0.05, 0) is 40.5 Å². The van der Waals surface area contributed by atoms with Crippen molar-refractivity contribution in [3.63, 3.8) is 0 Å². The number of aliphatic carboxylic acids is 2. The molecule has 0 unspecified atom stereocenters. The molecule has 0 aromatic heterocycles. The first-order chi connectivity index (χ1) is 11.8. The molecule has 28 heavy (non-hydrogen) atoms. The normalized spacial score (nSPS) is 8.36. The van der Waals surface area contributed by atoms with Crippen LogP contribution in [0, 0.1) is 0 Å². The van der Waals surface area contributed by atoms with E-state index in [1.807, 2.05) is 13.8 Å². The van der Waals surface area contributed by atoms with Crippen LogP contribution >= 0.6 is 0 Å². The largest absolute Gasteiger partial charge is 0.550 e. The Labute approximate surface area is 198 Å². The molecule has 0 rings (SSSR count). The Hall–Kier alpha value is -0.371. The first-order valence-electron chi connectivity index (χ1n) is 8.59. The predicted octanol–water partition coefficient (Wildman–Crippen LogP) is -0.240. The molecule has 0 spiro atoms. The Bertz CT molecular complexity index is 344. The van der Waals surface area contributed by atoms with Crippen LogP contribution in [-0.4, -0.2) is 45.9 Å². The van der Waals surface area contributed by atoms with Gasteiger partial charge < -0.3 is 30.0 Å². The van der Waals surface area contributed by atoms with Gasteiger partial charge in [0.2, 0.25) is 0 Å². The Balaban J connectivity index is -0.0000000601. The van der Waals surface area contributed by atoms with E-state index in [0.29, 0.717) is 25.7 Å². The molecular formula is C18H34O8Ti2-2. The summed E-state index contributed by atoms with van der Waals surface area (Å²) in [7, 11) is 0. The van der Waals surface area contributed by atoms with Crippen molar-refractivity contribution in [3.05, 3.63) is 0 Å². The van der Waals surface area contributed by atoms with Gasteiger partial charge in [-0.2, -0.15) is 0 Å². The van der Waals surface area contributed by atoms with E-state index in [2.05, 4.69) is 0 Å². The van der Waals surface area contributed by atoms with Crippen LogP contribution in [-0.2, 0) is 62.6 Å². The van der Waals surface area contributed by atoms with Crippen LogP contribution in [0.25, 0.3) is 0 Å². The van der Waals surface area contributed by atoms with Crippen LogP contribution in [0.5, 0.6) is 0 Å². The van der Waals surface area contributed by atoms with E-state index < -0.39 is 24.8 Å². The zero-order valence-corrected chi connectivity index (χ0v) is 20.9. The van der Waals surface area contributed by atoms with E-state index in [1.54, 1.807) is 27.7 Å². The quantitative estimate of drug-likeness (QED) is 0.361. The maximum atomic E-state index is 10.4. The van der Waals surface area contributed by atoms with Crippen molar-refractivity contribution < 1.29 is 83.0 Å². The maximum Gasteiger partial charge on any atom is 0.138 e. The van der Waals surface area contributed by atoms with Gasteiger partial charge in [0.1, 0.15) is 11.6 Å². The maximum absolute atomic E-state index is 10.4. The van der Waals surface area contributed by atoms with E-state index in [1.165, 1.54) is 0 Å². The molecule has 0 amide bonds. The van der Waals surface area contributed by atoms with Crippen molar-refractivity contribution in [2.75, 3.05) is 0 Å². The molecule has 0 saturated carbocycles. The molecule has 0 bridgehead atoms. The van der Waals surface area contributed by atoms with E-state index in [4.69, 9.17) is 10.2 Å². The topological polar surface area (TPSA) is 155 Å². The molecule has 0 heterocycles. The third-order valence-corrected chi connectivity index (χ3v) is 1.74. The molecule has 0 atom stereocenters. The SMILES string of the molecule is CC(C)O.CC(C)O.CCCC(=O)CC(=O)[O-].CCCC(=O)CC(=O)[O-].[Ti].[Ti]. The number of aliphatic hydroxyl groups is 2. The van der Waals surface area contributed by atoms with Crippen LogP contribution in [0.4, 0.5) is 0 Å². The number of carbonyl (C=O) groups is 4. The standard InChI is InChI=1S/2C6H10O3.2C3H8O.2Ti/c2*1-2-3-5(7)4-6(8)9;2*1-3(2)4;;/h2*2-4H2,1H3,(H,8,9);2*3-4H,1-2H3;;/p-2. The molecule has 0 saturated heterocycles. The summed E-state index contributed by atoms with van der Waals surface area (Å²) in [6.07, 6.45) is 0.877. The van der Waals surface area contributed by atoms with Crippen LogP contribution in [0.15, 0.2) is 0 Å². The third-order valence-electron chi connectivity index (χ3n) is 1.74. The number of hydrogen-bond donors (Lipinski definition) is 2. The van der Waals surface area contributed by atoms with Crippen molar-refractivity contribution >= 4 is 23.5 Å². The van der Waals surface area contributed by atoms with Gasteiger partial charge >= 0.3 is 0 Å². The minimum absolute atomic E-state index is 0. The Morgan fingerprint density at radius 2 is 0.857 bits per heavy atom. The van der Waals surface area contributed by atoms with Crippen molar-refractivity contribution in [1.29, 1.82) is 0 Å². The fourth-order valence-corrected chi connectivity index (χ4v) is 1.06. The summed E-state index contributed by atoms with van der Waals surface area (Å²) in [5, 5.41) is 35.6. The number of Topliss-reactive ketones (excluding diaryl/α,β-unsaturated/α-hetero) is 2. The second-order valence-electron chi connectivity index (χ2n) is 5.86. The summed E-state index contributed by atoms with van der Waals surface area (Å²) < 4.78 is 0. The van der Waals surface area contributed by atoms with Gasteiger partial charge in [-0.1, -0.05) is 13.8 Å². The van der Waals surface area contributed by atoms with Gasteiger partial charge in [-0.3, -0.25) is 9.59 Å². The molecule has 164 valence electrons. The van der Waals surface area contributed by atoms with Gasteiger partial charge in [-0.15, -0.1) is 0 Å². The molecule has 0 aromatic carbocycles. The van der Waals surface area contributed by atoms with Crippen molar-refractivity contribution in [2.45, 2.75) is 92.3 Å². The Morgan fingerprint density at radius 3 is 0.964 bits per heavy atom. The number of hydrogen-bond acceptors (Lipinski definition) is 8. The van der Waals surface area contributed by atoms with Gasteiger partial charge in [0, 0.05) is 93.3 Å². The monoisotopic (exact) mass is 474 g/mol. The summed E-state index contributed by atoms with van der Waals surface area (Å²) in [6, 6.07) is 0. The summed E-state index contributed by atoms with van der Waals surface area (Å²) in [6.45, 7) is 10.5. The molecule has 8 nitrogen and oxygen atoms in total. The fourth-order valence-electron chi connectivity index (χ4n) is 1.06. The van der Waals surface area contributed by atoms with Crippen molar-refractivity contribution in [3.8, 4) is 0 Å². The van der Waals surface area contributed by atoms with E-state index >= 15 is 0 Å². The molecule has 2 N–H and O–H groups in total. The first kappa shape index (κ1) is 41.9. The minimum Gasteiger partial charge on any atom is -0.550 e. The fraction of sp³-hybridized carbons (Fsp3) is 0.778. The van der Waals surface area contributed by atoms with Crippen LogP contribution < -0.4 is 10.2 Å². The van der Waals surface area contributed by atoms with Crippen LogP contribution in [0.1, 0.15) is 80.1 Å². The summed E-state index contributed by atoms with van der Waals surface area (Å²) in [5.74, 6) is -3.07. The van der Waals surface area contributed by atoms with Gasteiger partial charge in [-0.25, -0.2) is 0 Å². The van der Waals surface area contributed by atoms with Gasteiger partial charge in [0.05, 0.1) is 0 Å². The zero-order chi connectivity index (χ0) is 21.7. The molecule has 0 fully saturated rings. The van der Waals surface area contributed by atoms with Gasteiger partial charge in [0.25, 0.3) is 0 Å². The number of aliphatic hydroxyl groups excluding tert-OH is 2. The number of rotatable bonds is 8. The number of carboxylic acid groups (broad SMARTS) is 2. The van der Waals surface area contributed by atoms with E-state index in [9.17, 15) is 29.4 Å². The van der Waals surface area contributed by atoms with Crippen LogP contribution in [0.3, 0.4) is 0 Å². The van der Waals surface area contributed by atoms with Gasteiger partial charge in [0.15, 0.2) is 0 Å². The number of ketones is 2. The second kappa shape index (κ2) is 31.3.